The van der Waals surface area contributed by atoms with Crippen molar-refractivity contribution in [3.63, 3.8) is 0 Å². The summed E-state index contributed by atoms with van der Waals surface area (Å²) in [5.74, 6) is -1.25. The summed E-state index contributed by atoms with van der Waals surface area (Å²) < 4.78 is 33.9. The molecular weight excluding hydrogens is 1080 g/mol. The highest BCUT2D eigenvalue weighted by atomic mass is 16.8. The zero-order valence-corrected chi connectivity index (χ0v) is 49.6. The molecule has 0 aliphatic carbocycles. The van der Waals surface area contributed by atoms with E-state index in [1.54, 1.807) is 0 Å². The first-order chi connectivity index (χ1) is 43.8. The lowest BCUT2D eigenvalue weighted by molar-refractivity contribution is -0.182. The molecule has 4 heteroatoms. The van der Waals surface area contributed by atoms with Crippen LogP contribution in [0, 0.1) is 0 Å². The number of fused-ring (bicyclic) bond motifs is 14. The van der Waals surface area contributed by atoms with Crippen molar-refractivity contribution in [3.05, 3.63) is 337 Å². The number of hydrogen-bond acceptors (Lipinski definition) is 4. The fourth-order valence-electron chi connectivity index (χ4n) is 15.4. The Morgan fingerprint density at radius 1 is 0.258 bits per heavy atom. The first-order valence-corrected chi connectivity index (χ1v) is 31.1. The van der Waals surface area contributed by atoms with Crippen LogP contribution in [0.2, 0.25) is 0 Å². The molecule has 1 heterocycles. The van der Waals surface area contributed by atoms with E-state index in [-0.39, 0.29) is 13.2 Å². The maximum Gasteiger partial charge on any atom is 0.164 e. The summed E-state index contributed by atoms with van der Waals surface area (Å²) in [4.78, 5) is 0. The van der Waals surface area contributed by atoms with Gasteiger partial charge in [-0.25, -0.2) is 0 Å². The Bertz CT molecular complexity index is 4900. The third-order valence-electron chi connectivity index (χ3n) is 19.2. The van der Waals surface area contributed by atoms with E-state index in [9.17, 15) is 0 Å². The Morgan fingerprint density at radius 3 is 0.775 bits per heavy atom. The second-order valence-electron chi connectivity index (χ2n) is 24.6. The van der Waals surface area contributed by atoms with Crippen LogP contribution in [0.1, 0.15) is 47.2 Å². The van der Waals surface area contributed by atoms with Crippen molar-refractivity contribution in [2.24, 2.45) is 0 Å². The van der Waals surface area contributed by atoms with Crippen LogP contribution < -0.4 is 0 Å². The lowest BCUT2D eigenvalue weighted by Crippen LogP contribution is -2.57. The summed E-state index contributed by atoms with van der Waals surface area (Å²) in [5.41, 5.74) is 2.87. The molecule has 1 aliphatic rings. The first kappa shape index (κ1) is 53.2. The Hall–Kier alpha value is -10.0. The van der Waals surface area contributed by atoms with E-state index < -0.39 is 29.2 Å². The minimum Gasteiger partial charge on any atom is -0.358 e. The predicted octanol–water partition coefficient (Wildman–Crippen LogP) is 21.4. The molecule has 1 saturated heterocycles. The summed E-state index contributed by atoms with van der Waals surface area (Å²) in [6.45, 7) is 4.58. The minimum atomic E-state index is -1.53. The van der Waals surface area contributed by atoms with Gasteiger partial charge < -0.3 is 18.9 Å². The van der Waals surface area contributed by atoms with Crippen LogP contribution in [-0.4, -0.2) is 18.0 Å². The number of benzene rings is 16. The highest BCUT2D eigenvalue weighted by molar-refractivity contribution is 6.14. The van der Waals surface area contributed by atoms with Gasteiger partial charge in [0, 0.05) is 0 Å². The van der Waals surface area contributed by atoms with Crippen LogP contribution in [0.25, 0.3) is 108 Å². The van der Waals surface area contributed by atoms with Gasteiger partial charge in [-0.2, -0.15) is 0 Å². The SMILES string of the molecule is CC1(C)OC(C(OCc2cccc3ccccc23)(c2cc3ccccc3c3ccccc23)c2cc3ccccc3c3ccccc23)C(C(OCc2cccc3ccccc23)(c2cc3ccccc3c3ccccc23)c2cc3ccccc3c3ccccc23)O1. The molecule has 0 amide bonds. The molecule has 16 aromatic carbocycles. The standard InChI is InChI=1S/C85H62O4/c1-83(2)88-81(84(86-53-61-33-23-31-55-25-3-9-35-63(55)61,77-49-57-27-5-11-37-65(57)69-41-15-19-45-73(69)77)78-50-58-28-6-12-38-66(58)70-42-16-20-46-74(70)78)82(89-83)85(87-54-62-34-24-32-56-26-4-10-36-64(56)62,79-51-59-29-7-13-39-67(59)71-43-17-21-47-75(71)79)80-52-60-30-8-14-40-68(60)72-44-18-22-48-76(72)80/h3-52,81-82H,53-54H2,1-2H3. The zero-order chi connectivity index (χ0) is 59.3. The average Bonchev–Trinajstić information content (AvgIpc) is 1.70. The third kappa shape index (κ3) is 8.51. The van der Waals surface area contributed by atoms with Crippen LogP contribution in [-0.2, 0) is 43.4 Å². The third-order valence-corrected chi connectivity index (χ3v) is 19.2. The lowest BCUT2D eigenvalue weighted by atomic mass is 9.68. The van der Waals surface area contributed by atoms with Gasteiger partial charge in [0.15, 0.2) is 5.79 Å². The summed E-state index contributed by atoms with van der Waals surface area (Å²) >= 11 is 0. The molecule has 0 bridgehead atoms. The van der Waals surface area contributed by atoms with Crippen LogP contribution in [0.15, 0.2) is 303 Å². The fourth-order valence-corrected chi connectivity index (χ4v) is 15.4. The summed E-state index contributed by atoms with van der Waals surface area (Å²) in [6.07, 6.45) is -1.99. The summed E-state index contributed by atoms with van der Waals surface area (Å²) in [5, 5.41) is 22.1. The van der Waals surface area contributed by atoms with E-state index in [0.717, 1.165) is 141 Å². The molecule has 0 saturated carbocycles. The Balaban J connectivity index is 1.08. The van der Waals surface area contributed by atoms with Crippen LogP contribution in [0.5, 0.6) is 0 Å². The smallest absolute Gasteiger partial charge is 0.164 e. The van der Waals surface area contributed by atoms with Crippen molar-refractivity contribution in [2.75, 3.05) is 0 Å². The molecule has 17 rings (SSSR count). The molecule has 0 N–H and O–H groups in total. The monoisotopic (exact) mass is 1150 g/mol. The summed E-state index contributed by atoms with van der Waals surface area (Å²) in [6, 6.07) is 111. The molecule has 16 aromatic rings. The van der Waals surface area contributed by atoms with Gasteiger partial charge in [-0.1, -0.05) is 279 Å². The molecule has 0 spiro atoms. The van der Waals surface area contributed by atoms with Gasteiger partial charge >= 0.3 is 0 Å². The fraction of sp³-hybridized carbons (Fsp3) is 0.106. The zero-order valence-electron chi connectivity index (χ0n) is 49.6. The van der Waals surface area contributed by atoms with E-state index in [4.69, 9.17) is 18.9 Å². The molecule has 2 unspecified atom stereocenters. The van der Waals surface area contributed by atoms with E-state index in [1.165, 1.54) is 0 Å². The van der Waals surface area contributed by atoms with Crippen molar-refractivity contribution >= 4 is 108 Å². The van der Waals surface area contributed by atoms with Gasteiger partial charge in [-0.15, -0.1) is 0 Å². The van der Waals surface area contributed by atoms with E-state index in [1.807, 2.05) is 0 Å². The minimum absolute atomic E-state index is 0.207. The average molecular weight is 1150 g/mol. The van der Waals surface area contributed by atoms with Crippen molar-refractivity contribution in [3.8, 4) is 0 Å². The van der Waals surface area contributed by atoms with Gasteiger partial charge in [-0.3, -0.25) is 0 Å². The normalized spacial score (nSPS) is 15.5. The lowest BCUT2D eigenvalue weighted by Gasteiger charge is -2.48. The molecule has 4 nitrogen and oxygen atoms in total. The largest absolute Gasteiger partial charge is 0.358 e. The van der Waals surface area contributed by atoms with Crippen LogP contribution in [0.4, 0.5) is 0 Å². The second kappa shape index (κ2) is 21.1. The molecule has 1 aliphatic heterocycles. The maximum absolute atomic E-state index is 8.66. The number of ether oxygens (including phenoxy) is 4. The van der Waals surface area contributed by atoms with Crippen molar-refractivity contribution in [1.82, 2.24) is 0 Å². The molecule has 0 aromatic heterocycles. The van der Waals surface area contributed by atoms with E-state index in [2.05, 4.69) is 317 Å². The van der Waals surface area contributed by atoms with Crippen LogP contribution >= 0.6 is 0 Å². The Morgan fingerprint density at radius 2 is 0.483 bits per heavy atom. The highest BCUT2D eigenvalue weighted by Gasteiger charge is 2.65. The highest BCUT2D eigenvalue weighted by Crippen LogP contribution is 2.59. The first-order valence-electron chi connectivity index (χ1n) is 31.1. The van der Waals surface area contributed by atoms with Crippen molar-refractivity contribution in [1.29, 1.82) is 0 Å². The Kier molecular flexibility index (Phi) is 12.6. The molecule has 426 valence electrons. The van der Waals surface area contributed by atoms with Gasteiger partial charge in [0.25, 0.3) is 0 Å². The van der Waals surface area contributed by atoms with Gasteiger partial charge in [0.1, 0.15) is 23.4 Å². The topological polar surface area (TPSA) is 36.9 Å². The summed E-state index contributed by atoms with van der Waals surface area (Å²) in [7, 11) is 0. The molecule has 0 radical (unpaired) electrons. The van der Waals surface area contributed by atoms with Crippen molar-refractivity contribution < 1.29 is 18.9 Å². The Labute approximate surface area is 516 Å². The molecule has 89 heavy (non-hydrogen) atoms. The molecule has 2 atom stereocenters. The number of rotatable bonds is 12. The maximum atomic E-state index is 8.66. The van der Waals surface area contributed by atoms with Gasteiger partial charge in [-0.05, 0) is 179 Å². The van der Waals surface area contributed by atoms with Crippen molar-refractivity contribution in [2.45, 2.75) is 56.3 Å². The second-order valence-corrected chi connectivity index (χ2v) is 24.6. The van der Waals surface area contributed by atoms with Crippen LogP contribution in [0.3, 0.4) is 0 Å². The number of hydrogen-bond donors (Lipinski definition) is 0. The van der Waals surface area contributed by atoms with Gasteiger partial charge in [0.2, 0.25) is 0 Å². The van der Waals surface area contributed by atoms with E-state index in [0.29, 0.717) is 0 Å². The quantitative estimate of drug-likeness (QED) is 0.114. The van der Waals surface area contributed by atoms with Gasteiger partial charge in [0.05, 0.1) is 13.2 Å². The molecular formula is C85H62O4. The van der Waals surface area contributed by atoms with E-state index >= 15 is 0 Å². The predicted molar refractivity (Wildman–Crippen MR) is 369 cm³/mol. The molecule has 1 fully saturated rings.